The highest BCUT2D eigenvalue weighted by molar-refractivity contribution is 5.75. The number of carbonyl (C=O) groups is 1. The number of amides is 1. The van der Waals surface area contributed by atoms with Gasteiger partial charge >= 0.3 is 0 Å². The predicted octanol–water partition coefficient (Wildman–Crippen LogP) is 0.177. The monoisotopic (exact) mass is 255 g/mol. The summed E-state index contributed by atoms with van der Waals surface area (Å²) >= 11 is 0. The molecule has 1 amide bonds. The van der Waals surface area contributed by atoms with Gasteiger partial charge < -0.3 is 19.7 Å². The van der Waals surface area contributed by atoms with Gasteiger partial charge in [0.15, 0.2) is 0 Å². The van der Waals surface area contributed by atoms with Crippen LogP contribution in [0.5, 0.6) is 0 Å². The molecule has 1 unspecified atom stereocenters. The Hall–Kier alpha value is -1.40. The Bertz CT molecular complexity index is 349. The third-order valence-corrected chi connectivity index (χ3v) is 2.67. The van der Waals surface area contributed by atoms with Gasteiger partial charge in [-0.25, -0.2) is 4.98 Å². The molecule has 18 heavy (non-hydrogen) atoms. The summed E-state index contributed by atoms with van der Waals surface area (Å²) in [6.45, 7) is 2.98. The van der Waals surface area contributed by atoms with Crippen molar-refractivity contribution < 1.29 is 14.6 Å². The molecule has 0 saturated carbocycles. The Kier molecular flexibility index (Phi) is 5.80. The summed E-state index contributed by atoms with van der Waals surface area (Å²) in [5, 5.41) is 12.7. The van der Waals surface area contributed by atoms with E-state index in [0.29, 0.717) is 26.0 Å². The van der Waals surface area contributed by atoms with E-state index in [1.54, 1.807) is 26.6 Å². The van der Waals surface area contributed by atoms with Gasteiger partial charge in [0, 0.05) is 52.0 Å². The molecule has 1 heterocycles. The zero-order valence-corrected chi connectivity index (χ0v) is 10.9. The van der Waals surface area contributed by atoms with E-state index in [-0.39, 0.29) is 12.5 Å². The molecule has 1 aromatic heterocycles. The van der Waals surface area contributed by atoms with Crippen molar-refractivity contribution in [1.82, 2.24) is 14.9 Å². The molecule has 0 aliphatic carbocycles. The van der Waals surface area contributed by atoms with Crippen LogP contribution in [0.3, 0.4) is 0 Å². The second-order valence-electron chi connectivity index (χ2n) is 4.57. The predicted molar refractivity (Wildman–Crippen MR) is 67.0 cm³/mol. The molecule has 6 heteroatoms. The van der Waals surface area contributed by atoms with Gasteiger partial charge in [-0.2, -0.15) is 0 Å². The van der Waals surface area contributed by atoms with Crippen LogP contribution in [0.2, 0.25) is 0 Å². The van der Waals surface area contributed by atoms with Gasteiger partial charge in [-0.3, -0.25) is 4.79 Å². The average molecular weight is 255 g/mol. The van der Waals surface area contributed by atoms with E-state index >= 15 is 0 Å². The number of hydrogen-bond acceptors (Lipinski definition) is 4. The second-order valence-corrected chi connectivity index (χ2v) is 4.57. The lowest BCUT2D eigenvalue weighted by Crippen LogP contribution is -2.41. The Morgan fingerprint density at radius 2 is 2.39 bits per heavy atom. The molecule has 0 spiro atoms. The minimum Gasteiger partial charge on any atom is -0.388 e. The zero-order valence-electron chi connectivity index (χ0n) is 10.9. The quantitative estimate of drug-likeness (QED) is 0.694. The number of nitrogens with zero attached hydrogens (tertiary/aromatic N) is 2. The number of methoxy groups -OCH3 is 1. The van der Waals surface area contributed by atoms with Gasteiger partial charge in [-0.15, -0.1) is 0 Å². The van der Waals surface area contributed by atoms with E-state index in [0.717, 1.165) is 0 Å². The van der Waals surface area contributed by atoms with E-state index in [1.807, 2.05) is 10.8 Å². The SMILES string of the molecule is COCCC(C)(O)CNC(=O)CCn1ccnc1. The van der Waals surface area contributed by atoms with Crippen molar-refractivity contribution in [3.8, 4) is 0 Å². The van der Waals surface area contributed by atoms with E-state index in [1.165, 1.54) is 0 Å². The number of aliphatic hydroxyl groups is 1. The fourth-order valence-corrected chi connectivity index (χ4v) is 1.44. The van der Waals surface area contributed by atoms with Crippen LogP contribution in [0.15, 0.2) is 18.7 Å². The molecule has 1 aromatic rings. The fourth-order valence-electron chi connectivity index (χ4n) is 1.44. The van der Waals surface area contributed by atoms with E-state index in [9.17, 15) is 9.90 Å². The number of carbonyl (C=O) groups excluding carboxylic acids is 1. The Morgan fingerprint density at radius 3 is 3.00 bits per heavy atom. The minimum atomic E-state index is -0.930. The summed E-state index contributed by atoms with van der Waals surface area (Å²) in [6, 6.07) is 0. The highest BCUT2D eigenvalue weighted by Crippen LogP contribution is 2.07. The van der Waals surface area contributed by atoms with Crippen LogP contribution in [-0.2, 0) is 16.1 Å². The summed E-state index contributed by atoms with van der Waals surface area (Å²) in [5.74, 6) is -0.0820. The molecular weight excluding hydrogens is 234 g/mol. The van der Waals surface area contributed by atoms with Crippen LogP contribution in [0, 0.1) is 0 Å². The summed E-state index contributed by atoms with van der Waals surface area (Å²) < 4.78 is 6.73. The molecule has 0 radical (unpaired) electrons. The van der Waals surface area contributed by atoms with Crippen LogP contribution in [0.25, 0.3) is 0 Å². The van der Waals surface area contributed by atoms with E-state index in [4.69, 9.17) is 4.74 Å². The van der Waals surface area contributed by atoms with Gasteiger partial charge in [0.05, 0.1) is 11.9 Å². The summed E-state index contributed by atoms with van der Waals surface area (Å²) in [7, 11) is 1.58. The van der Waals surface area contributed by atoms with Crippen LogP contribution in [0.4, 0.5) is 0 Å². The van der Waals surface area contributed by atoms with Crippen LogP contribution >= 0.6 is 0 Å². The second kappa shape index (κ2) is 7.13. The summed E-state index contributed by atoms with van der Waals surface area (Å²) in [5.41, 5.74) is -0.930. The Balaban J connectivity index is 2.20. The summed E-state index contributed by atoms with van der Waals surface area (Å²) in [4.78, 5) is 15.5. The standard InChI is InChI=1S/C12H21N3O3/c1-12(17,4-8-18-2)9-14-11(16)3-6-15-7-5-13-10-15/h5,7,10,17H,3-4,6,8-9H2,1-2H3,(H,14,16). The van der Waals surface area contributed by atoms with Crippen molar-refractivity contribution in [2.75, 3.05) is 20.3 Å². The first-order valence-corrected chi connectivity index (χ1v) is 5.97. The molecule has 6 nitrogen and oxygen atoms in total. The van der Waals surface area contributed by atoms with Crippen LogP contribution < -0.4 is 5.32 Å². The van der Waals surface area contributed by atoms with Crippen molar-refractivity contribution in [3.63, 3.8) is 0 Å². The van der Waals surface area contributed by atoms with Crippen LogP contribution in [0.1, 0.15) is 19.8 Å². The maximum atomic E-state index is 11.6. The van der Waals surface area contributed by atoms with E-state index in [2.05, 4.69) is 10.3 Å². The molecule has 0 aliphatic heterocycles. The normalized spacial score (nSPS) is 14.2. The van der Waals surface area contributed by atoms with Gasteiger partial charge in [-0.1, -0.05) is 0 Å². The third kappa shape index (κ3) is 5.79. The maximum absolute atomic E-state index is 11.6. The molecule has 0 aromatic carbocycles. The lowest BCUT2D eigenvalue weighted by Gasteiger charge is -2.23. The number of aromatic nitrogens is 2. The molecule has 0 bridgehead atoms. The maximum Gasteiger partial charge on any atom is 0.221 e. The largest absolute Gasteiger partial charge is 0.388 e. The van der Waals surface area contributed by atoms with Crippen molar-refractivity contribution in [1.29, 1.82) is 0 Å². The lowest BCUT2D eigenvalue weighted by molar-refractivity contribution is -0.122. The van der Waals surface area contributed by atoms with Crippen molar-refractivity contribution in [2.24, 2.45) is 0 Å². The molecule has 1 atom stereocenters. The highest BCUT2D eigenvalue weighted by atomic mass is 16.5. The topological polar surface area (TPSA) is 76.4 Å². The minimum absolute atomic E-state index is 0.0820. The number of ether oxygens (including phenoxy) is 1. The molecule has 102 valence electrons. The smallest absolute Gasteiger partial charge is 0.221 e. The first kappa shape index (κ1) is 14.7. The lowest BCUT2D eigenvalue weighted by atomic mass is 10.0. The molecule has 0 fully saturated rings. The first-order valence-electron chi connectivity index (χ1n) is 5.97. The van der Waals surface area contributed by atoms with Crippen LogP contribution in [-0.4, -0.2) is 46.4 Å². The number of nitrogens with one attached hydrogen (secondary N) is 1. The Morgan fingerprint density at radius 1 is 1.61 bits per heavy atom. The third-order valence-electron chi connectivity index (χ3n) is 2.67. The number of rotatable bonds is 8. The highest BCUT2D eigenvalue weighted by Gasteiger charge is 2.20. The first-order chi connectivity index (χ1) is 8.53. The molecule has 0 saturated heterocycles. The van der Waals surface area contributed by atoms with Crippen molar-refractivity contribution in [3.05, 3.63) is 18.7 Å². The molecule has 1 rings (SSSR count). The zero-order chi connectivity index (χ0) is 13.4. The van der Waals surface area contributed by atoms with Gasteiger partial charge in [-0.05, 0) is 6.92 Å². The number of hydrogen-bond donors (Lipinski definition) is 2. The molecular formula is C12H21N3O3. The van der Waals surface area contributed by atoms with E-state index < -0.39 is 5.60 Å². The number of aryl methyl sites for hydroxylation is 1. The average Bonchev–Trinajstić information content (AvgIpc) is 2.84. The van der Waals surface area contributed by atoms with Gasteiger partial charge in [0.25, 0.3) is 0 Å². The Labute approximate surface area is 107 Å². The van der Waals surface area contributed by atoms with Crippen molar-refractivity contribution in [2.45, 2.75) is 31.9 Å². The number of imidazole rings is 1. The summed E-state index contributed by atoms with van der Waals surface area (Å²) in [6.07, 6.45) is 6.01. The fraction of sp³-hybridized carbons (Fsp3) is 0.667. The molecule has 0 aliphatic rings. The van der Waals surface area contributed by atoms with Crippen molar-refractivity contribution >= 4 is 5.91 Å². The molecule has 2 N–H and O–H groups in total. The van der Waals surface area contributed by atoms with Gasteiger partial charge in [0.2, 0.25) is 5.91 Å². The van der Waals surface area contributed by atoms with Gasteiger partial charge in [0.1, 0.15) is 0 Å².